The minimum atomic E-state index is -0.0831. The summed E-state index contributed by atoms with van der Waals surface area (Å²) in [4.78, 5) is 16.4. The molecule has 1 saturated heterocycles. The SMILES string of the molecule is CCC1CCCNC1CNC(=O)c1cnn2ccncc12. The summed E-state index contributed by atoms with van der Waals surface area (Å²) >= 11 is 0. The van der Waals surface area contributed by atoms with Crippen molar-refractivity contribution >= 4 is 11.4 Å². The summed E-state index contributed by atoms with van der Waals surface area (Å²) in [5.41, 5.74) is 1.31. The van der Waals surface area contributed by atoms with Crippen LogP contribution in [-0.4, -0.2) is 39.6 Å². The van der Waals surface area contributed by atoms with Gasteiger partial charge in [-0.2, -0.15) is 5.10 Å². The Kier molecular flexibility index (Phi) is 4.15. The van der Waals surface area contributed by atoms with E-state index in [-0.39, 0.29) is 5.91 Å². The van der Waals surface area contributed by atoms with Crippen LogP contribution in [0.3, 0.4) is 0 Å². The van der Waals surface area contributed by atoms with Crippen molar-refractivity contribution in [1.82, 2.24) is 25.2 Å². The molecule has 0 bridgehead atoms. The number of piperidine rings is 1. The first kappa shape index (κ1) is 14.0. The van der Waals surface area contributed by atoms with Crippen LogP contribution in [0.2, 0.25) is 0 Å². The quantitative estimate of drug-likeness (QED) is 0.887. The first-order valence-electron chi connectivity index (χ1n) is 7.58. The second-order valence-electron chi connectivity index (χ2n) is 5.55. The van der Waals surface area contributed by atoms with Gasteiger partial charge >= 0.3 is 0 Å². The number of carbonyl (C=O) groups is 1. The second-order valence-corrected chi connectivity index (χ2v) is 5.55. The summed E-state index contributed by atoms with van der Waals surface area (Å²) in [6, 6.07) is 0.368. The van der Waals surface area contributed by atoms with Gasteiger partial charge in [-0.3, -0.25) is 9.78 Å². The highest BCUT2D eigenvalue weighted by molar-refractivity contribution is 6.00. The van der Waals surface area contributed by atoms with Crippen molar-refractivity contribution in [3.8, 4) is 0 Å². The molecule has 0 radical (unpaired) electrons. The number of fused-ring (bicyclic) bond motifs is 1. The molecule has 2 atom stereocenters. The van der Waals surface area contributed by atoms with Crippen LogP contribution in [0.25, 0.3) is 5.52 Å². The average Bonchev–Trinajstić information content (AvgIpc) is 2.97. The van der Waals surface area contributed by atoms with E-state index in [0.29, 0.717) is 24.1 Å². The van der Waals surface area contributed by atoms with Crippen molar-refractivity contribution in [3.05, 3.63) is 30.4 Å². The third-order valence-electron chi connectivity index (χ3n) is 4.30. The zero-order valence-corrected chi connectivity index (χ0v) is 12.2. The van der Waals surface area contributed by atoms with Crippen molar-refractivity contribution in [1.29, 1.82) is 0 Å². The van der Waals surface area contributed by atoms with Gasteiger partial charge in [0.25, 0.3) is 5.91 Å². The molecule has 0 aromatic carbocycles. The highest BCUT2D eigenvalue weighted by Crippen LogP contribution is 2.19. The molecule has 3 rings (SSSR count). The van der Waals surface area contributed by atoms with Crippen molar-refractivity contribution in [2.24, 2.45) is 5.92 Å². The van der Waals surface area contributed by atoms with Crippen LogP contribution in [0.4, 0.5) is 0 Å². The number of hydrogen-bond donors (Lipinski definition) is 2. The maximum Gasteiger partial charge on any atom is 0.255 e. The molecule has 2 unspecified atom stereocenters. The van der Waals surface area contributed by atoms with Gasteiger partial charge in [0.2, 0.25) is 0 Å². The number of aromatic nitrogens is 3. The Morgan fingerprint density at radius 1 is 1.52 bits per heavy atom. The minimum absolute atomic E-state index is 0.0831. The smallest absolute Gasteiger partial charge is 0.255 e. The fourth-order valence-corrected chi connectivity index (χ4v) is 3.05. The number of hydrogen-bond acceptors (Lipinski definition) is 4. The maximum atomic E-state index is 12.3. The van der Waals surface area contributed by atoms with E-state index in [1.165, 1.54) is 12.8 Å². The number of nitrogens with one attached hydrogen (secondary N) is 2. The highest BCUT2D eigenvalue weighted by Gasteiger charge is 2.24. The number of nitrogens with zero attached hydrogens (tertiary/aromatic N) is 3. The van der Waals surface area contributed by atoms with Crippen LogP contribution in [0.5, 0.6) is 0 Å². The van der Waals surface area contributed by atoms with Crippen LogP contribution >= 0.6 is 0 Å². The number of carbonyl (C=O) groups excluding carboxylic acids is 1. The van der Waals surface area contributed by atoms with E-state index in [2.05, 4.69) is 27.6 Å². The Hall–Kier alpha value is -1.95. The molecule has 1 fully saturated rings. The lowest BCUT2D eigenvalue weighted by Crippen LogP contribution is -2.48. The molecule has 6 nitrogen and oxygen atoms in total. The van der Waals surface area contributed by atoms with Crippen LogP contribution < -0.4 is 10.6 Å². The Morgan fingerprint density at radius 2 is 2.43 bits per heavy atom. The van der Waals surface area contributed by atoms with Crippen molar-refractivity contribution < 1.29 is 4.79 Å². The molecule has 2 aromatic rings. The summed E-state index contributed by atoms with van der Waals surface area (Å²) in [5, 5.41) is 10.7. The molecule has 2 N–H and O–H groups in total. The Morgan fingerprint density at radius 3 is 3.29 bits per heavy atom. The molecule has 3 heterocycles. The van der Waals surface area contributed by atoms with Gasteiger partial charge < -0.3 is 10.6 Å². The third-order valence-corrected chi connectivity index (χ3v) is 4.30. The van der Waals surface area contributed by atoms with E-state index in [0.717, 1.165) is 18.5 Å². The summed E-state index contributed by atoms with van der Waals surface area (Å²) in [6.07, 6.45) is 10.3. The minimum Gasteiger partial charge on any atom is -0.350 e. The van der Waals surface area contributed by atoms with Gasteiger partial charge in [-0.05, 0) is 25.3 Å². The zero-order chi connectivity index (χ0) is 14.7. The van der Waals surface area contributed by atoms with Gasteiger partial charge in [0, 0.05) is 25.0 Å². The van der Waals surface area contributed by atoms with E-state index in [1.54, 1.807) is 29.3 Å². The predicted octanol–water partition coefficient (Wildman–Crippen LogP) is 1.24. The van der Waals surface area contributed by atoms with E-state index in [4.69, 9.17) is 0 Å². The standard InChI is InChI=1S/C15H21N5O/c1-2-11-4-3-5-17-13(11)9-18-15(21)12-8-19-20-7-6-16-10-14(12)20/h6-8,10-11,13,17H,2-5,9H2,1H3,(H,18,21). The first-order chi connectivity index (χ1) is 10.3. The fraction of sp³-hybridized carbons (Fsp3) is 0.533. The molecule has 112 valence electrons. The molecule has 1 amide bonds. The van der Waals surface area contributed by atoms with E-state index in [1.807, 2.05) is 0 Å². The molecule has 21 heavy (non-hydrogen) atoms. The Labute approximate surface area is 123 Å². The molecule has 0 spiro atoms. The maximum absolute atomic E-state index is 12.3. The van der Waals surface area contributed by atoms with Gasteiger partial charge in [-0.15, -0.1) is 0 Å². The predicted molar refractivity (Wildman–Crippen MR) is 80.1 cm³/mol. The number of rotatable bonds is 4. The lowest BCUT2D eigenvalue weighted by molar-refractivity contribution is 0.0943. The molecule has 6 heteroatoms. The molecule has 1 aliphatic rings. The van der Waals surface area contributed by atoms with E-state index in [9.17, 15) is 4.79 Å². The summed E-state index contributed by atoms with van der Waals surface area (Å²) in [6.45, 7) is 3.91. The largest absolute Gasteiger partial charge is 0.350 e. The van der Waals surface area contributed by atoms with Crippen molar-refractivity contribution in [2.45, 2.75) is 32.2 Å². The van der Waals surface area contributed by atoms with Crippen molar-refractivity contribution in [3.63, 3.8) is 0 Å². The van der Waals surface area contributed by atoms with Gasteiger partial charge in [0.05, 0.1) is 23.5 Å². The lowest BCUT2D eigenvalue weighted by atomic mass is 9.88. The van der Waals surface area contributed by atoms with Gasteiger partial charge in [0.1, 0.15) is 0 Å². The van der Waals surface area contributed by atoms with Crippen LogP contribution in [0, 0.1) is 5.92 Å². The summed E-state index contributed by atoms with van der Waals surface area (Å²) in [7, 11) is 0. The average molecular weight is 287 g/mol. The molecule has 1 aliphatic heterocycles. The fourth-order valence-electron chi connectivity index (χ4n) is 3.05. The summed E-state index contributed by atoms with van der Waals surface area (Å²) in [5.74, 6) is 0.560. The summed E-state index contributed by atoms with van der Waals surface area (Å²) < 4.78 is 1.66. The van der Waals surface area contributed by atoms with Crippen LogP contribution in [0.1, 0.15) is 36.5 Å². The molecular weight excluding hydrogens is 266 g/mol. The molecule has 0 saturated carbocycles. The molecule has 2 aromatic heterocycles. The monoisotopic (exact) mass is 287 g/mol. The third kappa shape index (κ3) is 2.90. The normalized spacial score (nSPS) is 22.3. The zero-order valence-electron chi connectivity index (χ0n) is 12.2. The van der Waals surface area contributed by atoms with Gasteiger partial charge in [-0.1, -0.05) is 13.3 Å². The van der Waals surface area contributed by atoms with Gasteiger partial charge in [-0.25, -0.2) is 4.52 Å². The lowest BCUT2D eigenvalue weighted by Gasteiger charge is -2.32. The van der Waals surface area contributed by atoms with Crippen molar-refractivity contribution in [2.75, 3.05) is 13.1 Å². The van der Waals surface area contributed by atoms with Gasteiger partial charge in [0.15, 0.2) is 0 Å². The van der Waals surface area contributed by atoms with Crippen LogP contribution in [-0.2, 0) is 0 Å². The van der Waals surface area contributed by atoms with E-state index < -0.39 is 0 Å². The molecular formula is C15H21N5O. The van der Waals surface area contributed by atoms with E-state index >= 15 is 0 Å². The Balaban J connectivity index is 1.66. The topological polar surface area (TPSA) is 71.3 Å². The Bertz CT molecular complexity index is 623. The molecule has 0 aliphatic carbocycles. The highest BCUT2D eigenvalue weighted by atomic mass is 16.1. The first-order valence-corrected chi connectivity index (χ1v) is 7.58. The second kappa shape index (κ2) is 6.22. The van der Waals surface area contributed by atoms with Crippen LogP contribution in [0.15, 0.2) is 24.8 Å². The number of amides is 1.